The van der Waals surface area contributed by atoms with Gasteiger partial charge in [-0.3, -0.25) is 0 Å². The Hall–Kier alpha value is -1.11. The SMILES string of the molecule is CC1=C(C(=O)O)OC2O[C@]3(C)CC[C@H]4[C@H](C)CC[C@@H]1[C@@]24OO3. The van der Waals surface area contributed by atoms with Crippen LogP contribution in [0.3, 0.4) is 0 Å². The van der Waals surface area contributed by atoms with Crippen LogP contribution in [-0.2, 0) is 24.0 Å². The molecule has 5 rings (SSSR count). The fourth-order valence-electron chi connectivity index (χ4n) is 4.83. The Morgan fingerprint density at radius 2 is 2.05 bits per heavy atom. The third-order valence-electron chi connectivity index (χ3n) is 6.02. The fourth-order valence-corrected chi connectivity index (χ4v) is 4.83. The highest BCUT2D eigenvalue weighted by Gasteiger charge is 2.68. The van der Waals surface area contributed by atoms with Crippen LogP contribution in [-0.4, -0.2) is 28.8 Å². The molecule has 3 saturated heterocycles. The number of ether oxygens (including phenoxy) is 2. The smallest absolute Gasteiger partial charge is 0.371 e. The third-order valence-corrected chi connectivity index (χ3v) is 6.02. The van der Waals surface area contributed by atoms with Crippen molar-refractivity contribution in [2.45, 2.75) is 64.1 Å². The summed E-state index contributed by atoms with van der Waals surface area (Å²) in [4.78, 5) is 23.1. The molecule has 1 saturated carbocycles. The second kappa shape index (κ2) is 4.46. The van der Waals surface area contributed by atoms with Gasteiger partial charge >= 0.3 is 5.97 Å². The molecule has 0 aromatic rings. The van der Waals surface area contributed by atoms with Crippen LogP contribution in [0.4, 0.5) is 0 Å². The Morgan fingerprint density at radius 1 is 1.27 bits per heavy atom. The maximum atomic E-state index is 11.5. The van der Waals surface area contributed by atoms with Crippen molar-refractivity contribution in [1.29, 1.82) is 0 Å². The molecule has 6 atom stereocenters. The Kier molecular flexibility index (Phi) is 2.94. The number of fused-ring (bicyclic) bond motifs is 2. The van der Waals surface area contributed by atoms with Crippen LogP contribution in [0.25, 0.3) is 0 Å². The van der Waals surface area contributed by atoms with Crippen molar-refractivity contribution in [2.75, 3.05) is 0 Å². The van der Waals surface area contributed by atoms with Crippen LogP contribution in [0.2, 0.25) is 0 Å². The molecule has 0 aromatic carbocycles. The Balaban J connectivity index is 1.87. The first kappa shape index (κ1) is 14.5. The average molecular weight is 310 g/mol. The molecular weight excluding hydrogens is 288 g/mol. The van der Waals surface area contributed by atoms with Gasteiger partial charge in [-0.2, -0.15) is 0 Å². The molecule has 1 aliphatic carbocycles. The summed E-state index contributed by atoms with van der Waals surface area (Å²) in [6, 6.07) is 0. The van der Waals surface area contributed by atoms with Crippen molar-refractivity contribution in [3.05, 3.63) is 11.3 Å². The lowest BCUT2D eigenvalue weighted by Crippen LogP contribution is -2.66. The molecule has 4 fully saturated rings. The second-order valence-electron chi connectivity index (χ2n) is 7.29. The van der Waals surface area contributed by atoms with Crippen LogP contribution < -0.4 is 0 Å². The molecule has 5 aliphatic rings. The van der Waals surface area contributed by atoms with Gasteiger partial charge in [-0.05, 0) is 44.6 Å². The van der Waals surface area contributed by atoms with Crippen molar-refractivity contribution in [1.82, 2.24) is 0 Å². The van der Waals surface area contributed by atoms with Crippen LogP contribution in [0, 0.1) is 17.8 Å². The predicted octanol–water partition coefficient (Wildman–Crippen LogP) is 2.59. The lowest BCUT2D eigenvalue weighted by Gasteiger charge is -2.56. The average Bonchev–Trinajstić information content (AvgIpc) is 2.69. The first-order valence-electron chi connectivity index (χ1n) is 8.03. The van der Waals surface area contributed by atoms with Gasteiger partial charge in [0.1, 0.15) is 0 Å². The number of aliphatic carboxylic acids is 1. The van der Waals surface area contributed by atoms with Gasteiger partial charge in [0.25, 0.3) is 0 Å². The van der Waals surface area contributed by atoms with E-state index in [-0.39, 0.29) is 17.6 Å². The van der Waals surface area contributed by atoms with E-state index in [4.69, 9.17) is 19.2 Å². The van der Waals surface area contributed by atoms with Gasteiger partial charge < -0.3 is 14.6 Å². The van der Waals surface area contributed by atoms with E-state index in [1.807, 2.05) is 13.8 Å². The lowest BCUT2D eigenvalue weighted by molar-refractivity contribution is -0.556. The molecule has 0 amide bonds. The van der Waals surface area contributed by atoms with Crippen molar-refractivity contribution < 1.29 is 29.1 Å². The number of carboxylic acids is 1. The fraction of sp³-hybridized carbons (Fsp3) is 0.812. The zero-order valence-corrected chi connectivity index (χ0v) is 13.1. The summed E-state index contributed by atoms with van der Waals surface area (Å²) >= 11 is 0. The largest absolute Gasteiger partial charge is 0.475 e. The number of carbonyl (C=O) groups is 1. The highest BCUT2D eigenvalue weighted by molar-refractivity contribution is 5.85. The molecule has 2 bridgehead atoms. The van der Waals surface area contributed by atoms with Crippen LogP contribution in [0.1, 0.15) is 46.5 Å². The number of rotatable bonds is 1. The summed E-state index contributed by atoms with van der Waals surface area (Å²) in [7, 11) is 0. The summed E-state index contributed by atoms with van der Waals surface area (Å²) in [6.45, 7) is 5.88. The summed E-state index contributed by atoms with van der Waals surface area (Å²) in [6.07, 6.45) is 2.85. The standard InChI is InChI=1S/C16H22O6/c1-8-4-5-11-9(2)12(13(17)18)19-14-16(11)10(8)6-7-15(3,20-14)21-22-16/h8,10-11,14H,4-7H2,1-3H3,(H,17,18)/t8-,10+,11+,14?,15+,16-/m1/s1. The van der Waals surface area contributed by atoms with Gasteiger partial charge in [0, 0.05) is 18.3 Å². The van der Waals surface area contributed by atoms with E-state index in [9.17, 15) is 9.90 Å². The summed E-state index contributed by atoms with van der Waals surface area (Å²) < 4.78 is 11.8. The minimum atomic E-state index is -1.04. The molecule has 122 valence electrons. The number of carboxylic acid groups (broad SMARTS) is 1. The summed E-state index contributed by atoms with van der Waals surface area (Å²) in [5.41, 5.74) is 0.00910. The summed E-state index contributed by atoms with van der Waals surface area (Å²) in [5.74, 6) is -1.24. The van der Waals surface area contributed by atoms with E-state index in [0.29, 0.717) is 5.92 Å². The first-order valence-corrected chi connectivity index (χ1v) is 8.03. The Morgan fingerprint density at radius 3 is 2.77 bits per heavy atom. The molecule has 0 radical (unpaired) electrons. The van der Waals surface area contributed by atoms with Crippen molar-refractivity contribution in [2.24, 2.45) is 17.8 Å². The van der Waals surface area contributed by atoms with Gasteiger partial charge in [0.05, 0.1) is 0 Å². The van der Waals surface area contributed by atoms with E-state index < -0.39 is 23.6 Å². The van der Waals surface area contributed by atoms with Crippen molar-refractivity contribution >= 4 is 5.97 Å². The molecule has 1 spiro atoms. The molecule has 6 nitrogen and oxygen atoms in total. The van der Waals surface area contributed by atoms with Gasteiger partial charge in [0.2, 0.25) is 17.8 Å². The highest BCUT2D eigenvalue weighted by atomic mass is 17.3. The van der Waals surface area contributed by atoms with Crippen molar-refractivity contribution in [3.8, 4) is 0 Å². The predicted molar refractivity (Wildman–Crippen MR) is 74.2 cm³/mol. The molecule has 6 heteroatoms. The zero-order chi connectivity index (χ0) is 15.7. The summed E-state index contributed by atoms with van der Waals surface area (Å²) in [5, 5.41) is 9.44. The normalized spacial score (nSPS) is 50.1. The van der Waals surface area contributed by atoms with Gasteiger partial charge in [-0.25, -0.2) is 14.6 Å². The maximum absolute atomic E-state index is 11.5. The molecular formula is C16H22O6. The third kappa shape index (κ3) is 1.69. The molecule has 0 aromatic heterocycles. The zero-order valence-electron chi connectivity index (χ0n) is 13.1. The Labute approximate surface area is 129 Å². The second-order valence-corrected chi connectivity index (χ2v) is 7.29. The first-order chi connectivity index (χ1) is 10.4. The van der Waals surface area contributed by atoms with E-state index in [1.165, 1.54) is 0 Å². The van der Waals surface area contributed by atoms with Gasteiger partial charge in [-0.1, -0.05) is 6.92 Å². The van der Waals surface area contributed by atoms with Crippen LogP contribution >= 0.6 is 0 Å². The van der Waals surface area contributed by atoms with Gasteiger partial charge in [-0.15, -0.1) is 0 Å². The van der Waals surface area contributed by atoms with Crippen LogP contribution in [0.15, 0.2) is 11.3 Å². The molecule has 4 heterocycles. The van der Waals surface area contributed by atoms with E-state index in [2.05, 4.69) is 6.92 Å². The number of hydrogen-bond donors (Lipinski definition) is 1. The van der Waals surface area contributed by atoms with Crippen LogP contribution in [0.5, 0.6) is 0 Å². The Bertz CT molecular complexity index is 557. The molecule has 4 aliphatic heterocycles. The molecule has 1 N–H and O–H groups in total. The maximum Gasteiger partial charge on any atom is 0.371 e. The van der Waals surface area contributed by atoms with E-state index in [1.54, 1.807) is 0 Å². The molecule has 22 heavy (non-hydrogen) atoms. The lowest BCUT2D eigenvalue weighted by atomic mass is 9.59. The quantitative estimate of drug-likeness (QED) is 0.750. The topological polar surface area (TPSA) is 74.2 Å². The van der Waals surface area contributed by atoms with Gasteiger partial charge in [0.15, 0.2) is 5.60 Å². The van der Waals surface area contributed by atoms with E-state index in [0.717, 1.165) is 31.3 Å². The minimum Gasteiger partial charge on any atom is -0.475 e. The van der Waals surface area contributed by atoms with E-state index >= 15 is 0 Å². The van der Waals surface area contributed by atoms with Crippen molar-refractivity contribution in [3.63, 3.8) is 0 Å². The minimum absolute atomic E-state index is 0.00804. The highest BCUT2D eigenvalue weighted by Crippen LogP contribution is 2.60. The molecule has 1 unspecified atom stereocenters. The number of hydrogen-bond acceptors (Lipinski definition) is 5. The monoisotopic (exact) mass is 310 g/mol.